The number of carbonyl (C=O) groups is 2. The van der Waals surface area contributed by atoms with Crippen molar-refractivity contribution in [1.82, 2.24) is 5.32 Å². The van der Waals surface area contributed by atoms with Gasteiger partial charge in [-0.05, 0) is 60.6 Å². The van der Waals surface area contributed by atoms with Gasteiger partial charge in [0, 0.05) is 17.6 Å². The Morgan fingerprint density at radius 1 is 1.06 bits per heavy atom. The zero-order valence-corrected chi connectivity index (χ0v) is 19.3. The highest BCUT2D eigenvalue weighted by Crippen LogP contribution is 2.38. The van der Waals surface area contributed by atoms with Crippen molar-refractivity contribution < 1.29 is 24.9 Å². The number of aliphatic carboxylic acids is 2. The number of aliphatic hydroxyl groups excluding tert-OH is 1. The fraction of sp³-hybridized carbons (Fsp3) is 0.364. The molecule has 0 amide bonds. The van der Waals surface area contributed by atoms with Crippen LogP contribution in [0, 0.1) is 5.41 Å². The summed E-state index contributed by atoms with van der Waals surface area (Å²) in [5.41, 5.74) is 1.52. The number of rotatable bonds is 8. The summed E-state index contributed by atoms with van der Waals surface area (Å²) in [5.74, 6) is -2.60. The number of halogens is 3. The lowest BCUT2D eigenvalue weighted by molar-refractivity contribution is -0.163. The Labute approximate surface area is 198 Å². The van der Waals surface area contributed by atoms with Crippen LogP contribution in [0.4, 0.5) is 0 Å². The molecule has 2 atom stereocenters. The van der Waals surface area contributed by atoms with Crippen LogP contribution in [0.25, 0.3) is 0 Å². The SMILES string of the molecule is CC(Cc1ccc2c(c1)CC(C(=O)O)(C(=O)O)C2)NCC(O)c1cccc(Cl)c1.Cl.Cl. The van der Waals surface area contributed by atoms with Crippen LogP contribution in [0.3, 0.4) is 0 Å². The summed E-state index contributed by atoms with van der Waals surface area (Å²) in [6.07, 6.45) is -0.00550. The molecule has 0 radical (unpaired) electrons. The third-order valence-electron chi connectivity index (χ3n) is 5.51. The van der Waals surface area contributed by atoms with Crippen molar-refractivity contribution in [3.05, 3.63) is 69.7 Å². The predicted molar refractivity (Wildman–Crippen MR) is 124 cm³/mol. The molecule has 1 aliphatic carbocycles. The molecule has 0 aliphatic heterocycles. The zero-order chi connectivity index (χ0) is 21.2. The van der Waals surface area contributed by atoms with E-state index in [1.54, 1.807) is 18.2 Å². The molecule has 0 heterocycles. The minimum absolute atomic E-state index is 0. The highest BCUT2D eigenvalue weighted by Gasteiger charge is 2.50. The van der Waals surface area contributed by atoms with Crippen LogP contribution >= 0.6 is 36.4 Å². The zero-order valence-electron chi connectivity index (χ0n) is 16.9. The van der Waals surface area contributed by atoms with Crippen LogP contribution in [0.1, 0.15) is 35.3 Å². The highest BCUT2D eigenvalue weighted by molar-refractivity contribution is 6.30. The summed E-state index contributed by atoms with van der Waals surface area (Å²) in [6.45, 7) is 2.37. The van der Waals surface area contributed by atoms with E-state index in [1.165, 1.54) is 0 Å². The van der Waals surface area contributed by atoms with Gasteiger partial charge in [0.05, 0.1) is 6.10 Å². The first kappa shape index (κ1) is 27.2. The minimum Gasteiger partial charge on any atom is -0.480 e. The summed E-state index contributed by atoms with van der Waals surface area (Å²) < 4.78 is 0. The number of carboxylic acid groups (broad SMARTS) is 2. The van der Waals surface area contributed by atoms with E-state index in [0.717, 1.165) is 22.3 Å². The number of hydrogen-bond donors (Lipinski definition) is 4. The van der Waals surface area contributed by atoms with Crippen LogP contribution in [0.2, 0.25) is 5.02 Å². The fourth-order valence-electron chi connectivity index (χ4n) is 3.82. The van der Waals surface area contributed by atoms with Gasteiger partial charge in [-0.2, -0.15) is 0 Å². The number of aliphatic hydroxyl groups is 1. The smallest absolute Gasteiger partial charge is 0.321 e. The van der Waals surface area contributed by atoms with Gasteiger partial charge < -0.3 is 20.6 Å². The molecule has 2 aromatic carbocycles. The summed E-state index contributed by atoms with van der Waals surface area (Å²) >= 11 is 5.96. The van der Waals surface area contributed by atoms with Crippen molar-refractivity contribution in [3.63, 3.8) is 0 Å². The molecule has 0 saturated heterocycles. The van der Waals surface area contributed by atoms with E-state index in [0.29, 0.717) is 18.0 Å². The average molecular weight is 491 g/mol. The number of hydrogen-bond acceptors (Lipinski definition) is 4. The van der Waals surface area contributed by atoms with E-state index in [4.69, 9.17) is 11.6 Å². The van der Waals surface area contributed by atoms with Crippen LogP contribution in [0.5, 0.6) is 0 Å². The quantitative estimate of drug-likeness (QED) is 0.421. The van der Waals surface area contributed by atoms with E-state index in [2.05, 4.69) is 5.32 Å². The van der Waals surface area contributed by atoms with E-state index < -0.39 is 23.5 Å². The van der Waals surface area contributed by atoms with Gasteiger partial charge in [-0.3, -0.25) is 9.59 Å². The first-order valence-electron chi connectivity index (χ1n) is 9.45. The van der Waals surface area contributed by atoms with E-state index >= 15 is 0 Å². The second kappa shape index (κ2) is 11.2. The monoisotopic (exact) mass is 489 g/mol. The van der Waals surface area contributed by atoms with Crippen molar-refractivity contribution in [3.8, 4) is 0 Å². The number of benzene rings is 2. The van der Waals surface area contributed by atoms with Gasteiger partial charge in [-0.15, -0.1) is 24.8 Å². The molecule has 0 fully saturated rings. The number of nitrogens with one attached hydrogen (secondary N) is 1. The summed E-state index contributed by atoms with van der Waals surface area (Å²) in [5, 5.41) is 33.0. The standard InChI is InChI=1S/C22H24ClNO5.2ClH/c1-13(24-12-19(25)15-3-2-4-18(23)9-15)7-14-5-6-16-10-22(20(26)27,21(28)29)11-17(16)8-14;;/h2-6,8-9,13,19,24-25H,7,10-12H2,1H3,(H,26,27)(H,28,29);2*1H. The highest BCUT2D eigenvalue weighted by atomic mass is 35.5. The molecule has 31 heavy (non-hydrogen) atoms. The lowest BCUT2D eigenvalue weighted by atomic mass is 9.85. The molecule has 0 bridgehead atoms. The van der Waals surface area contributed by atoms with Crippen LogP contribution in [-0.2, 0) is 28.9 Å². The molecule has 1 aliphatic rings. The Morgan fingerprint density at radius 3 is 2.32 bits per heavy atom. The molecule has 6 nitrogen and oxygen atoms in total. The molecule has 9 heteroatoms. The predicted octanol–water partition coefficient (Wildman–Crippen LogP) is 3.69. The number of fused-ring (bicyclic) bond motifs is 1. The van der Waals surface area contributed by atoms with Gasteiger partial charge >= 0.3 is 11.9 Å². The van der Waals surface area contributed by atoms with Gasteiger partial charge in [0.1, 0.15) is 0 Å². The van der Waals surface area contributed by atoms with Gasteiger partial charge in [0.15, 0.2) is 5.41 Å². The van der Waals surface area contributed by atoms with Crippen LogP contribution in [-0.4, -0.2) is 39.8 Å². The Hall–Kier alpha value is -1.83. The van der Waals surface area contributed by atoms with Gasteiger partial charge in [-0.25, -0.2) is 0 Å². The third-order valence-corrected chi connectivity index (χ3v) is 5.74. The summed E-state index contributed by atoms with van der Waals surface area (Å²) in [6, 6.07) is 12.8. The Balaban J connectivity index is 0.00000240. The molecule has 0 spiro atoms. The first-order valence-corrected chi connectivity index (χ1v) is 9.83. The molecule has 4 N–H and O–H groups in total. The van der Waals surface area contributed by atoms with Crippen molar-refractivity contribution in [1.29, 1.82) is 0 Å². The van der Waals surface area contributed by atoms with E-state index in [9.17, 15) is 24.9 Å². The van der Waals surface area contributed by atoms with E-state index in [1.807, 2.05) is 31.2 Å². The van der Waals surface area contributed by atoms with E-state index in [-0.39, 0.29) is 43.7 Å². The Bertz CT molecular complexity index is 923. The topological polar surface area (TPSA) is 107 Å². The molecular weight excluding hydrogens is 465 g/mol. The molecule has 2 aromatic rings. The first-order chi connectivity index (χ1) is 13.7. The molecule has 170 valence electrons. The maximum atomic E-state index is 11.6. The van der Waals surface area contributed by atoms with Crippen molar-refractivity contribution in [2.75, 3.05) is 6.54 Å². The maximum absolute atomic E-state index is 11.6. The van der Waals surface area contributed by atoms with Gasteiger partial charge in [0.2, 0.25) is 0 Å². The average Bonchev–Trinajstić information content (AvgIpc) is 3.06. The molecular formula is C22H26Cl3NO5. The fourth-order valence-corrected chi connectivity index (χ4v) is 4.02. The normalized spacial score (nSPS) is 15.7. The Kier molecular flexibility index (Phi) is 9.79. The maximum Gasteiger partial charge on any atom is 0.321 e. The lowest BCUT2D eigenvalue weighted by Crippen LogP contribution is -2.40. The Morgan fingerprint density at radius 2 is 1.71 bits per heavy atom. The molecule has 2 unspecified atom stereocenters. The van der Waals surface area contributed by atoms with Crippen LogP contribution < -0.4 is 5.32 Å². The third kappa shape index (κ3) is 6.11. The van der Waals surface area contributed by atoms with Gasteiger partial charge in [0.25, 0.3) is 0 Å². The minimum atomic E-state index is -1.77. The summed E-state index contributed by atoms with van der Waals surface area (Å²) in [4.78, 5) is 23.1. The summed E-state index contributed by atoms with van der Waals surface area (Å²) in [7, 11) is 0. The van der Waals surface area contributed by atoms with Crippen molar-refractivity contribution in [2.45, 2.75) is 38.3 Å². The number of carboxylic acids is 2. The van der Waals surface area contributed by atoms with Crippen molar-refractivity contribution in [2.24, 2.45) is 5.41 Å². The second-order valence-electron chi connectivity index (χ2n) is 7.73. The molecule has 0 aromatic heterocycles. The molecule has 3 rings (SSSR count). The van der Waals surface area contributed by atoms with Gasteiger partial charge in [-0.1, -0.05) is 41.9 Å². The van der Waals surface area contributed by atoms with Crippen molar-refractivity contribution >= 4 is 48.4 Å². The largest absolute Gasteiger partial charge is 0.480 e. The second-order valence-corrected chi connectivity index (χ2v) is 8.17. The lowest BCUT2D eigenvalue weighted by Gasteiger charge is -2.18. The molecule has 0 saturated carbocycles. The van der Waals surface area contributed by atoms with Crippen LogP contribution in [0.15, 0.2) is 42.5 Å².